The van der Waals surface area contributed by atoms with Crippen LogP contribution in [0.15, 0.2) is 35.9 Å². The second-order valence-corrected chi connectivity index (χ2v) is 10.6. The smallest absolute Gasteiger partial charge is 0.395 e. The van der Waals surface area contributed by atoms with Crippen molar-refractivity contribution in [3.63, 3.8) is 0 Å². The number of nitrogens with one attached hydrogen (secondary N) is 1. The van der Waals surface area contributed by atoms with E-state index in [9.17, 15) is 28.9 Å². The van der Waals surface area contributed by atoms with E-state index < -0.39 is 47.5 Å². The molecule has 37 heavy (non-hydrogen) atoms. The van der Waals surface area contributed by atoms with Crippen LogP contribution in [0.5, 0.6) is 11.5 Å². The minimum atomic E-state index is -3.77. The number of alkyl halides is 2. The maximum Gasteiger partial charge on any atom is 0.586 e. The van der Waals surface area contributed by atoms with Gasteiger partial charge in [-0.15, -0.1) is 8.78 Å². The third-order valence-electron chi connectivity index (χ3n) is 7.52. The zero-order chi connectivity index (χ0) is 26.8. The number of halogens is 3. The number of amides is 1. The van der Waals surface area contributed by atoms with Gasteiger partial charge >= 0.3 is 6.29 Å². The van der Waals surface area contributed by atoms with Gasteiger partial charge in [0.1, 0.15) is 5.82 Å². The summed E-state index contributed by atoms with van der Waals surface area (Å²) in [6, 6.07) is 7.02. The SMILES string of the molecule is CC(C)(CO)C1=Cc2cc(NC(=O)C3(c4ccc5c(c4)OC(F)(F)O5)CC3)c(F)cc2C1C[C@@H](O)CO. The minimum absolute atomic E-state index is 0.0388. The first-order chi connectivity index (χ1) is 17.4. The zero-order valence-corrected chi connectivity index (χ0v) is 20.4. The number of carbonyl (C=O) groups excluding carboxylic acids is 1. The zero-order valence-electron chi connectivity index (χ0n) is 20.4. The van der Waals surface area contributed by atoms with Crippen LogP contribution in [0.25, 0.3) is 6.08 Å². The third kappa shape index (κ3) is 4.47. The summed E-state index contributed by atoms with van der Waals surface area (Å²) in [5.41, 5.74) is 0.786. The second kappa shape index (κ2) is 8.75. The summed E-state index contributed by atoms with van der Waals surface area (Å²) in [5, 5.41) is 32.0. The molecule has 2 aromatic carbocycles. The molecule has 0 aromatic heterocycles. The van der Waals surface area contributed by atoms with Crippen LogP contribution in [0.4, 0.5) is 18.9 Å². The highest BCUT2D eigenvalue weighted by Crippen LogP contribution is 2.53. The highest BCUT2D eigenvalue weighted by molar-refractivity contribution is 6.02. The van der Waals surface area contributed by atoms with Gasteiger partial charge in [-0.25, -0.2) is 4.39 Å². The molecule has 1 saturated carbocycles. The second-order valence-electron chi connectivity index (χ2n) is 10.6. The minimum Gasteiger partial charge on any atom is -0.395 e. The van der Waals surface area contributed by atoms with Crippen LogP contribution in [-0.4, -0.2) is 46.8 Å². The molecule has 7 nitrogen and oxygen atoms in total. The van der Waals surface area contributed by atoms with Crippen LogP contribution in [0.2, 0.25) is 0 Å². The van der Waals surface area contributed by atoms with E-state index in [1.807, 2.05) is 19.9 Å². The number of benzene rings is 2. The van der Waals surface area contributed by atoms with Gasteiger partial charge in [-0.05, 0) is 60.2 Å². The molecule has 1 unspecified atom stereocenters. The Kier molecular flexibility index (Phi) is 6.04. The summed E-state index contributed by atoms with van der Waals surface area (Å²) in [4.78, 5) is 13.3. The fraction of sp³-hybridized carbons (Fsp3) is 0.444. The molecular weight excluding hydrogens is 491 g/mol. The lowest BCUT2D eigenvalue weighted by molar-refractivity contribution is -0.286. The first kappa shape index (κ1) is 25.6. The number of rotatable bonds is 8. The Balaban J connectivity index is 1.42. The molecule has 1 aliphatic heterocycles. The normalized spacial score (nSPS) is 21.3. The van der Waals surface area contributed by atoms with Gasteiger partial charge in [-0.2, -0.15) is 0 Å². The van der Waals surface area contributed by atoms with Crippen molar-refractivity contribution in [2.45, 2.75) is 56.8 Å². The molecule has 198 valence electrons. The molecule has 1 fully saturated rings. The fourth-order valence-corrected chi connectivity index (χ4v) is 5.18. The predicted molar refractivity (Wildman–Crippen MR) is 128 cm³/mol. The van der Waals surface area contributed by atoms with Crippen molar-refractivity contribution >= 4 is 17.7 Å². The van der Waals surface area contributed by atoms with Crippen molar-refractivity contribution in [2.24, 2.45) is 5.41 Å². The summed E-state index contributed by atoms with van der Waals surface area (Å²) in [7, 11) is 0. The number of hydrogen-bond acceptors (Lipinski definition) is 6. The highest BCUT2D eigenvalue weighted by atomic mass is 19.3. The van der Waals surface area contributed by atoms with E-state index in [0.29, 0.717) is 29.5 Å². The van der Waals surface area contributed by atoms with E-state index in [1.54, 1.807) is 0 Å². The summed E-state index contributed by atoms with van der Waals surface area (Å²) in [6.07, 6.45) is -1.91. The lowest BCUT2D eigenvalue weighted by Crippen LogP contribution is -2.28. The standard InChI is InChI=1S/C27H28F3NO6/c1-25(2,13-33)19-7-14-8-21(20(28)11-17(14)18(19)10-16(34)12-32)31-24(35)26(5-6-26)15-3-4-22-23(9-15)37-27(29,30)36-22/h3-4,7-9,11,16,18,32-34H,5-6,10,12-13H2,1-2H3,(H,31,35)/t16-,18?/m1/s1. The van der Waals surface area contributed by atoms with Crippen molar-refractivity contribution in [3.8, 4) is 11.5 Å². The van der Waals surface area contributed by atoms with Crippen LogP contribution in [-0.2, 0) is 10.2 Å². The highest BCUT2D eigenvalue weighted by Gasteiger charge is 2.53. The molecule has 0 spiro atoms. The van der Waals surface area contributed by atoms with Crippen LogP contribution >= 0.6 is 0 Å². The molecule has 2 aliphatic carbocycles. The number of ether oxygens (including phenoxy) is 2. The molecule has 1 heterocycles. The van der Waals surface area contributed by atoms with Crippen molar-refractivity contribution in [3.05, 3.63) is 58.4 Å². The number of carbonyl (C=O) groups is 1. The van der Waals surface area contributed by atoms with E-state index in [2.05, 4.69) is 14.8 Å². The van der Waals surface area contributed by atoms with Gasteiger partial charge in [0, 0.05) is 11.3 Å². The average molecular weight is 520 g/mol. The van der Waals surface area contributed by atoms with Crippen LogP contribution in [0.3, 0.4) is 0 Å². The molecule has 0 bridgehead atoms. The molecule has 1 amide bonds. The molecule has 5 rings (SSSR count). The van der Waals surface area contributed by atoms with Gasteiger partial charge < -0.3 is 30.1 Å². The summed E-state index contributed by atoms with van der Waals surface area (Å²) in [6.45, 7) is 3.05. The average Bonchev–Trinajstić information content (AvgIpc) is 3.50. The van der Waals surface area contributed by atoms with Crippen molar-refractivity contribution in [2.75, 3.05) is 18.5 Å². The van der Waals surface area contributed by atoms with Gasteiger partial charge in [-0.3, -0.25) is 4.79 Å². The quantitative estimate of drug-likeness (QED) is 0.419. The van der Waals surface area contributed by atoms with E-state index in [4.69, 9.17) is 0 Å². The van der Waals surface area contributed by atoms with E-state index in [0.717, 1.165) is 5.57 Å². The van der Waals surface area contributed by atoms with Crippen LogP contribution in [0.1, 0.15) is 55.7 Å². The Hall–Kier alpha value is -3.08. The maximum atomic E-state index is 15.3. The molecule has 0 saturated heterocycles. The predicted octanol–water partition coefficient (Wildman–Crippen LogP) is 4.06. The Morgan fingerprint density at radius 3 is 2.51 bits per heavy atom. The third-order valence-corrected chi connectivity index (χ3v) is 7.52. The Bertz CT molecular complexity index is 1290. The number of anilines is 1. The molecule has 3 aliphatic rings. The van der Waals surface area contributed by atoms with Gasteiger partial charge in [0.25, 0.3) is 0 Å². The first-order valence-corrected chi connectivity index (χ1v) is 12.1. The van der Waals surface area contributed by atoms with Crippen molar-refractivity contribution in [1.82, 2.24) is 0 Å². The number of aliphatic hydroxyl groups excluding tert-OH is 3. The van der Waals surface area contributed by atoms with Gasteiger partial charge in [-0.1, -0.05) is 31.6 Å². The summed E-state index contributed by atoms with van der Waals surface area (Å²) in [5.74, 6) is -1.84. The molecular formula is C27H28F3NO6. The first-order valence-electron chi connectivity index (χ1n) is 12.1. The molecule has 4 N–H and O–H groups in total. The monoisotopic (exact) mass is 519 g/mol. The largest absolute Gasteiger partial charge is 0.586 e. The Morgan fingerprint density at radius 1 is 1.16 bits per heavy atom. The molecule has 0 radical (unpaired) electrons. The van der Waals surface area contributed by atoms with Crippen molar-refractivity contribution < 1.29 is 42.8 Å². The Labute approximate surface area is 211 Å². The van der Waals surface area contributed by atoms with E-state index in [-0.39, 0.29) is 30.2 Å². The van der Waals surface area contributed by atoms with E-state index in [1.165, 1.54) is 30.3 Å². The van der Waals surface area contributed by atoms with Crippen LogP contribution in [0, 0.1) is 11.2 Å². The van der Waals surface area contributed by atoms with E-state index >= 15 is 4.39 Å². The van der Waals surface area contributed by atoms with Crippen LogP contribution < -0.4 is 14.8 Å². The molecule has 10 heteroatoms. The number of fused-ring (bicyclic) bond motifs is 2. The fourth-order valence-electron chi connectivity index (χ4n) is 5.18. The summed E-state index contributed by atoms with van der Waals surface area (Å²) >= 11 is 0. The summed E-state index contributed by atoms with van der Waals surface area (Å²) < 4.78 is 51.0. The van der Waals surface area contributed by atoms with Gasteiger partial charge in [0.15, 0.2) is 11.5 Å². The van der Waals surface area contributed by atoms with Gasteiger partial charge in [0.2, 0.25) is 5.91 Å². The Morgan fingerprint density at radius 2 is 1.86 bits per heavy atom. The lowest BCUT2D eigenvalue weighted by Gasteiger charge is -2.30. The maximum absolute atomic E-state index is 15.3. The van der Waals surface area contributed by atoms with Crippen molar-refractivity contribution in [1.29, 1.82) is 0 Å². The van der Waals surface area contributed by atoms with Gasteiger partial charge in [0.05, 0.1) is 30.4 Å². The lowest BCUT2D eigenvalue weighted by atomic mass is 9.76. The molecule has 2 aromatic rings. The topological polar surface area (TPSA) is 108 Å². The number of aliphatic hydroxyl groups is 3. The molecule has 2 atom stereocenters. The number of hydrogen-bond donors (Lipinski definition) is 4.